The molecule has 1 aliphatic heterocycles. The fraction of sp³-hybridized carbons (Fsp3) is 0.412. The van der Waals surface area contributed by atoms with E-state index in [1.54, 1.807) is 18.2 Å². The summed E-state index contributed by atoms with van der Waals surface area (Å²) in [5.74, 6) is -0.441. The minimum atomic E-state index is -4.61. The fourth-order valence-electron chi connectivity index (χ4n) is 3.54. The molecule has 5 nitrogen and oxygen atoms in total. The molecule has 2 aromatic rings. The standard InChI is InChI=1S/C17H16F3N3O2/c18-17(19,20)16(7-6-11-4-1-2-5-12(11)16)21-15(24)13-10-14-23(22-13)8-3-9-25-14/h1-2,4-5,10H,3,6-9H2,(H,21,24). The topological polar surface area (TPSA) is 56.2 Å². The van der Waals surface area contributed by atoms with Gasteiger partial charge in [-0.1, -0.05) is 24.3 Å². The number of halogens is 3. The van der Waals surface area contributed by atoms with E-state index in [2.05, 4.69) is 10.4 Å². The third-order valence-electron chi connectivity index (χ3n) is 4.80. The molecular weight excluding hydrogens is 335 g/mol. The highest BCUT2D eigenvalue weighted by Gasteiger charge is 2.59. The Morgan fingerprint density at radius 1 is 1.32 bits per heavy atom. The zero-order valence-electron chi connectivity index (χ0n) is 13.3. The number of nitrogens with zero attached hydrogens (tertiary/aromatic N) is 2. The molecule has 0 bridgehead atoms. The van der Waals surface area contributed by atoms with Gasteiger partial charge in [0, 0.05) is 19.0 Å². The number of benzene rings is 1. The third kappa shape index (κ3) is 2.47. The molecular formula is C17H16F3N3O2. The zero-order valence-corrected chi connectivity index (χ0v) is 13.3. The van der Waals surface area contributed by atoms with Crippen molar-refractivity contribution in [3.8, 4) is 5.88 Å². The Kier molecular flexibility index (Phi) is 3.52. The molecule has 25 heavy (non-hydrogen) atoms. The van der Waals surface area contributed by atoms with Crippen LogP contribution in [0.1, 0.15) is 34.5 Å². The summed E-state index contributed by atoms with van der Waals surface area (Å²) in [5, 5.41) is 6.29. The van der Waals surface area contributed by atoms with Crippen molar-refractivity contribution in [3.63, 3.8) is 0 Å². The van der Waals surface area contributed by atoms with Crippen LogP contribution in [0, 0.1) is 0 Å². The molecule has 1 amide bonds. The predicted octanol–water partition coefficient (Wildman–Crippen LogP) is 2.80. The summed E-state index contributed by atoms with van der Waals surface area (Å²) < 4.78 is 48.7. The maximum Gasteiger partial charge on any atom is 0.415 e. The molecule has 0 spiro atoms. The summed E-state index contributed by atoms with van der Waals surface area (Å²) in [6, 6.07) is 7.74. The number of hydrogen-bond acceptors (Lipinski definition) is 3. The number of amides is 1. The summed E-state index contributed by atoms with van der Waals surface area (Å²) >= 11 is 0. The van der Waals surface area contributed by atoms with Gasteiger partial charge in [0.1, 0.15) is 0 Å². The first-order chi connectivity index (χ1) is 11.9. The van der Waals surface area contributed by atoms with Crippen molar-refractivity contribution in [2.75, 3.05) is 6.61 Å². The lowest BCUT2D eigenvalue weighted by Crippen LogP contribution is -2.54. The highest BCUT2D eigenvalue weighted by Crippen LogP contribution is 2.48. The van der Waals surface area contributed by atoms with E-state index in [4.69, 9.17) is 4.74 Å². The Labute approximate surface area is 141 Å². The van der Waals surface area contributed by atoms with Crippen LogP contribution in [0.3, 0.4) is 0 Å². The molecule has 4 rings (SSSR count). The van der Waals surface area contributed by atoms with E-state index < -0.39 is 17.6 Å². The Bertz CT molecular complexity index is 807. The number of aryl methyl sites for hydroxylation is 2. The maximum absolute atomic E-state index is 13.9. The van der Waals surface area contributed by atoms with E-state index in [0.29, 0.717) is 24.6 Å². The van der Waals surface area contributed by atoms with Gasteiger partial charge in [0.15, 0.2) is 11.2 Å². The normalized spacial score (nSPS) is 22.0. The van der Waals surface area contributed by atoms with E-state index in [9.17, 15) is 18.0 Å². The average Bonchev–Trinajstić information content (AvgIpc) is 3.17. The summed E-state index contributed by atoms with van der Waals surface area (Å²) in [4.78, 5) is 12.5. The second-order valence-corrected chi connectivity index (χ2v) is 6.31. The Morgan fingerprint density at radius 3 is 2.88 bits per heavy atom. The molecule has 132 valence electrons. The van der Waals surface area contributed by atoms with Gasteiger partial charge < -0.3 is 10.1 Å². The number of aromatic nitrogens is 2. The van der Waals surface area contributed by atoms with E-state index in [1.807, 2.05) is 0 Å². The van der Waals surface area contributed by atoms with Crippen molar-refractivity contribution in [1.82, 2.24) is 15.1 Å². The van der Waals surface area contributed by atoms with Crippen LogP contribution >= 0.6 is 0 Å². The number of ether oxygens (including phenoxy) is 1. The second-order valence-electron chi connectivity index (χ2n) is 6.31. The maximum atomic E-state index is 13.9. The molecule has 2 aliphatic rings. The second kappa shape index (κ2) is 5.50. The van der Waals surface area contributed by atoms with Crippen LogP contribution in [-0.2, 0) is 18.5 Å². The van der Waals surface area contributed by atoms with Crippen LogP contribution in [0.25, 0.3) is 0 Å². The van der Waals surface area contributed by atoms with Gasteiger partial charge in [-0.2, -0.15) is 18.3 Å². The minimum Gasteiger partial charge on any atom is -0.478 e. The van der Waals surface area contributed by atoms with Crippen LogP contribution < -0.4 is 10.1 Å². The van der Waals surface area contributed by atoms with Crippen molar-refractivity contribution in [2.24, 2.45) is 0 Å². The summed E-state index contributed by atoms with van der Waals surface area (Å²) in [6.07, 6.45) is -3.81. The van der Waals surface area contributed by atoms with E-state index in [-0.39, 0.29) is 24.1 Å². The molecule has 1 unspecified atom stereocenters. The Balaban J connectivity index is 1.69. The Morgan fingerprint density at radius 2 is 2.12 bits per heavy atom. The van der Waals surface area contributed by atoms with Crippen LogP contribution in [0.2, 0.25) is 0 Å². The SMILES string of the molecule is O=C(NC1(C(F)(F)F)CCc2ccccc21)c1cc2n(n1)CCCO2. The van der Waals surface area contributed by atoms with Crippen molar-refractivity contribution < 1.29 is 22.7 Å². The van der Waals surface area contributed by atoms with Gasteiger partial charge in [-0.25, -0.2) is 4.68 Å². The third-order valence-corrected chi connectivity index (χ3v) is 4.80. The minimum absolute atomic E-state index is 0.0649. The quantitative estimate of drug-likeness (QED) is 0.905. The highest BCUT2D eigenvalue weighted by molar-refractivity contribution is 5.93. The summed E-state index contributed by atoms with van der Waals surface area (Å²) in [6.45, 7) is 1.09. The van der Waals surface area contributed by atoms with Gasteiger partial charge in [0.2, 0.25) is 5.88 Å². The number of rotatable bonds is 2. The lowest BCUT2D eigenvalue weighted by molar-refractivity contribution is -0.197. The number of hydrogen-bond donors (Lipinski definition) is 1. The first-order valence-electron chi connectivity index (χ1n) is 8.09. The molecule has 1 aromatic carbocycles. The van der Waals surface area contributed by atoms with Gasteiger partial charge in [0.05, 0.1) is 6.61 Å². The molecule has 8 heteroatoms. The number of carbonyl (C=O) groups is 1. The first-order valence-corrected chi connectivity index (χ1v) is 8.09. The van der Waals surface area contributed by atoms with E-state index >= 15 is 0 Å². The zero-order chi connectivity index (χ0) is 17.7. The van der Waals surface area contributed by atoms with E-state index in [1.165, 1.54) is 16.8 Å². The van der Waals surface area contributed by atoms with Crippen molar-refractivity contribution >= 4 is 5.91 Å². The van der Waals surface area contributed by atoms with Crippen LogP contribution in [0.4, 0.5) is 13.2 Å². The van der Waals surface area contributed by atoms with Gasteiger partial charge in [-0.15, -0.1) is 0 Å². The number of nitrogens with one attached hydrogen (secondary N) is 1. The van der Waals surface area contributed by atoms with Crippen molar-refractivity contribution in [3.05, 3.63) is 47.2 Å². The molecule has 0 saturated heterocycles. The monoisotopic (exact) mass is 351 g/mol. The van der Waals surface area contributed by atoms with Crippen LogP contribution in [0.15, 0.2) is 30.3 Å². The van der Waals surface area contributed by atoms with E-state index in [0.717, 1.165) is 6.42 Å². The fourth-order valence-corrected chi connectivity index (χ4v) is 3.54. The highest BCUT2D eigenvalue weighted by atomic mass is 19.4. The van der Waals surface area contributed by atoms with Gasteiger partial charge in [0.25, 0.3) is 5.91 Å². The molecule has 0 saturated carbocycles. The van der Waals surface area contributed by atoms with Gasteiger partial charge >= 0.3 is 6.18 Å². The number of carbonyl (C=O) groups excluding carboxylic acids is 1. The van der Waals surface area contributed by atoms with Gasteiger partial charge in [-0.05, 0) is 24.0 Å². The first kappa shape index (κ1) is 16.0. The molecule has 1 aliphatic carbocycles. The average molecular weight is 351 g/mol. The molecule has 2 heterocycles. The lowest BCUT2D eigenvalue weighted by atomic mass is 9.90. The predicted molar refractivity (Wildman–Crippen MR) is 82.3 cm³/mol. The van der Waals surface area contributed by atoms with Crippen LogP contribution in [0.5, 0.6) is 5.88 Å². The molecule has 0 radical (unpaired) electrons. The smallest absolute Gasteiger partial charge is 0.415 e. The molecule has 1 aromatic heterocycles. The largest absolute Gasteiger partial charge is 0.478 e. The summed E-state index contributed by atoms with van der Waals surface area (Å²) in [7, 11) is 0. The molecule has 0 fully saturated rings. The number of fused-ring (bicyclic) bond motifs is 2. The molecule has 1 N–H and O–H groups in total. The molecule has 1 atom stereocenters. The van der Waals surface area contributed by atoms with Crippen molar-refractivity contribution in [2.45, 2.75) is 37.5 Å². The van der Waals surface area contributed by atoms with Crippen molar-refractivity contribution in [1.29, 1.82) is 0 Å². The number of alkyl halides is 3. The summed E-state index contributed by atoms with van der Waals surface area (Å²) in [5.41, 5.74) is -1.74. The van der Waals surface area contributed by atoms with Gasteiger partial charge in [-0.3, -0.25) is 4.79 Å². The Hall–Kier alpha value is -2.51. The van der Waals surface area contributed by atoms with Crippen LogP contribution in [-0.4, -0.2) is 28.5 Å². The lowest BCUT2D eigenvalue weighted by Gasteiger charge is -2.33.